The van der Waals surface area contributed by atoms with Crippen LogP contribution in [0, 0.1) is 5.92 Å². The van der Waals surface area contributed by atoms with Crippen LogP contribution in [0.25, 0.3) is 0 Å². The number of furan rings is 1. The van der Waals surface area contributed by atoms with E-state index in [1.54, 1.807) is 18.2 Å². The van der Waals surface area contributed by atoms with Crippen LogP contribution in [-0.4, -0.2) is 32.8 Å². The molecule has 146 valence electrons. The molecule has 7 heteroatoms. The predicted octanol–water partition coefficient (Wildman–Crippen LogP) is 3.86. The van der Waals surface area contributed by atoms with Crippen molar-refractivity contribution in [2.24, 2.45) is 5.92 Å². The second-order valence-corrected chi connectivity index (χ2v) is 6.22. The zero-order chi connectivity index (χ0) is 19.8. The fraction of sp³-hybridized carbons (Fsp3) is 0.400. The minimum Gasteiger partial charge on any atom is -0.493 e. The molecule has 2 rings (SSSR count). The van der Waals surface area contributed by atoms with Gasteiger partial charge >= 0.3 is 11.9 Å². The molecular weight excluding hydrogens is 352 g/mol. The summed E-state index contributed by atoms with van der Waals surface area (Å²) >= 11 is 0. The smallest absolute Gasteiger partial charge is 0.341 e. The third kappa shape index (κ3) is 5.51. The van der Waals surface area contributed by atoms with Crippen LogP contribution in [0.4, 0.5) is 0 Å². The van der Waals surface area contributed by atoms with Crippen LogP contribution in [0.1, 0.15) is 46.7 Å². The largest absolute Gasteiger partial charge is 0.493 e. The number of rotatable bonds is 9. The van der Waals surface area contributed by atoms with Gasteiger partial charge in [0.25, 0.3) is 0 Å². The molecule has 0 unspecified atom stereocenters. The number of ether oxygens (including phenoxy) is 4. The van der Waals surface area contributed by atoms with E-state index >= 15 is 0 Å². The monoisotopic (exact) mass is 376 g/mol. The van der Waals surface area contributed by atoms with Crippen LogP contribution in [0.3, 0.4) is 0 Å². The molecule has 2 aromatic rings. The number of benzene rings is 1. The highest BCUT2D eigenvalue weighted by molar-refractivity contribution is 5.91. The zero-order valence-corrected chi connectivity index (χ0v) is 15.9. The fourth-order valence-corrected chi connectivity index (χ4v) is 2.28. The molecule has 1 heterocycles. The molecule has 0 aliphatic carbocycles. The van der Waals surface area contributed by atoms with Crippen molar-refractivity contribution in [2.75, 3.05) is 20.8 Å². The van der Waals surface area contributed by atoms with Gasteiger partial charge in [-0.1, -0.05) is 13.8 Å². The van der Waals surface area contributed by atoms with Crippen molar-refractivity contribution in [2.45, 2.75) is 26.9 Å². The molecule has 0 saturated heterocycles. The fourth-order valence-electron chi connectivity index (χ4n) is 2.28. The number of carbonyl (C=O) groups is 2. The van der Waals surface area contributed by atoms with Gasteiger partial charge < -0.3 is 23.4 Å². The minimum absolute atomic E-state index is 0.189. The summed E-state index contributed by atoms with van der Waals surface area (Å²) in [6, 6.07) is 6.28. The van der Waals surface area contributed by atoms with E-state index in [1.165, 1.54) is 26.5 Å². The topological polar surface area (TPSA) is 84.2 Å². The van der Waals surface area contributed by atoms with Gasteiger partial charge in [0.1, 0.15) is 5.56 Å². The first-order valence-corrected chi connectivity index (χ1v) is 8.58. The summed E-state index contributed by atoms with van der Waals surface area (Å²) in [5.41, 5.74) is 0.519. The van der Waals surface area contributed by atoms with Crippen LogP contribution in [0.2, 0.25) is 0 Å². The Balaban J connectivity index is 2.02. The van der Waals surface area contributed by atoms with E-state index in [9.17, 15) is 9.59 Å². The van der Waals surface area contributed by atoms with Crippen molar-refractivity contribution >= 4 is 11.9 Å². The van der Waals surface area contributed by atoms with Gasteiger partial charge in [-0.3, -0.25) is 0 Å². The Morgan fingerprint density at radius 3 is 2.52 bits per heavy atom. The van der Waals surface area contributed by atoms with E-state index in [0.717, 1.165) is 6.42 Å². The minimum atomic E-state index is -0.575. The van der Waals surface area contributed by atoms with E-state index in [-0.39, 0.29) is 17.9 Å². The molecule has 0 bridgehead atoms. The lowest BCUT2D eigenvalue weighted by molar-refractivity contribution is 0.0432. The molecule has 0 amide bonds. The molecule has 0 saturated carbocycles. The van der Waals surface area contributed by atoms with Crippen molar-refractivity contribution in [3.63, 3.8) is 0 Å². The SMILES string of the molecule is COC(=O)c1ccoc1COC(=O)c1ccc(OCCC(C)C)c(OC)c1. The van der Waals surface area contributed by atoms with Crippen LogP contribution >= 0.6 is 0 Å². The van der Waals surface area contributed by atoms with Gasteiger partial charge in [-0.2, -0.15) is 0 Å². The Hall–Kier alpha value is -2.96. The van der Waals surface area contributed by atoms with Crippen molar-refractivity contribution < 1.29 is 33.0 Å². The first-order chi connectivity index (χ1) is 13.0. The third-order valence-corrected chi connectivity index (χ3v) is 3.84. The summed E-state index contributed by atoms with van der Waals surface area (Å²) in [6.07, 6.45) is 2.25. The maximum Gasteiger partial charge on any atom is 0.341 e. The molecule has 1 aromatic carbocycles. The third-order valence-electron chi connectivity index (χ3n) is 3.84. The van der Waals surface area contributed by atoms with Gasteiger partial charge in [-0.05, 0) is 36.6 Å². The molecule has 0 N–H and O–H groups in total. The van der Waals surface area contributed by atoms with Crippen LogP contribution in [-0.2, 0) is 16.1 Å². The van der Waals surface area contributed by atoms with Crippen molar-refractivity contribution in [1.82, 2.24) is 0 Å². The maximum absolute atomic E-state index is 12.3. The second-order valence-electron chi connectivity index (χ2n) is 6.22. The summed E-state index contributed by atoms with van der Waals surface area (Å²) in [5, 5.41) is 0. The Kier molecular flexibility index (Phi) is 7.28. The highest BCUT2D eigenvalue weighted by Gasteiger charge is 2.18. The molecule has 0 spiro atoms. The average molecular weight is 376 g/mol. The van der Waals surface area contributed by atoms with Gasteiger partial charge in [-0.25, -0.2) is 9.59 Å². The van der Waals surface area contributed by atoms with Crippen molar-refractivity contribution in [1.29, 1.82) is 0 Å². The van der Waals surface area contributed by atoms with E-state index < -0.39 is 11.9 Å². The number of hydrogen-bond donors (Lipinski definition) is 0. The molecule has 1 aromatic heterocycles. The van der Waals surface area contributed by atoms with Gasteiger partial charge in [-0.15, -0.1) is 0 Å². The summed E-state index contributed by atoms with van der Waals surface area (Å²) in [4.78, 5) is 23.9. The normalized spacial score (nSPS) is 10.6. The lowest BCUT2D eigenvalue weighted by Gasteiger charge is -2.13. The molecular formula is C20H24O7. The van der Waals surface area contributed by atoms with E-state index in [0.29, 0.717) is 29.6 Å². The van der Waals surface area contributed by atoms with E-state index in [1.807, 2.05) is 0 Å². The van der Waals surface area contributed by atoms with Gasteiger partial charge in [0, 0.05) is 0 Å². The molecule has 0 aliphatic rings. The van der Waals surface area contributed by atoms with Crippen LogP contribution in [0.5, 0.6) is 11.5 Å². The Morgan fingerprint density at radius 1 is 1.07 bits per heavy atom. The van der Waals surface area contributed by atoms with Crippen molar-refractivity contribution in [3.05, 3.63) is 47.4 Å². The Morgan fingerprint density at radius 2 is 1.85 bits per heavy atom. The lowest BCUT2D eigenvalue weighted by atomic mass is 10.1. The Bertz CT molecular complexity index is 776. The summed E-state index contributed by atoms with van der Waals surface area (Å²) in [6.45, 7) is 4.60. The van der Waals surface area contributed by atoms with Crippen molar-refractivity contribution in [3.8, 4) is 11.5 Å². The van der Waals surface area contributed by atoms with Gasteiger partial charge in [0.15, 0.2) is 23.9 Å². The molecule has 0 aliphatic heterocycles. The predicted molar refractivity (Wildman–Crippen MR) is 97.1 cm³/mol. The van der Waals surface area contributed by atoms with Gasteiger partial charge in [0.2, 0.25) is 0 Å². The summed E-state index contributed by atoms with van der Waals surface area (Å²) in [7, 11) is 2.77. The maximum atomic E-state index is 12.3. The Labute approximate surface area is 158 Å². The van der Waals surface area contributed by atoms with Gasteiger partial charge in [0.05, 0.1) is 32.7 Å². The number of esters is 2. The first kappa shape index (κ1) is 20.4. The number of hydrogen-bond acceptors (Lipinski definition) is 7. The van der Waals surface area contributed by atoms with Crippen LogP contribution < -0.4 is 9.47 Å². The molecule has 7 nitrogen and oxygen atoms in total. The summed E-state index contributed by atoms with van der Waals surface area (Å²) < 4.78 is 26.0. The quantitative estimate of drug-likeness (QED) is 0.615. The van der Waals surface area contributed by atoms with E-state index in [2.05, 4.69) is 18.6 Å². The molecule has 0 atom stereocenters. The summed E-state index contributed by atoms with van der Waals surface area (Å²) in [5.74, 6) is 0.626. The van der Waals surface area contributed by atoms with Crippen LogP contribution in [0.15, 0.2) is 34.9 Å². The number of methoxy groups -OCH3 is 2. The highest BCUT2D eigenvalue weighted by Crippen LogP contribution is 2.29. The first-order valence-electron chi connectivity index (χ1n) is 8.58. The average Bonchev–Trinajstić information content (AvgIpc) is 3.13. The highest BCUT2D eigenvalue weighted by atomic mass is 16.5. The van der Waals surface area contributed by atoms with E-state index in [4.69, 9.17) is 18.6 Å². The molecule has 0 fully saturated rings. The molecule has 27 heavy (non-hydrogen) atoms. The molecule has 0 radical (unpaired) electrons. The standard InChI is InChI=1S/C20H24O7/c1-13(2)7-9-25-16-6-5-14(11-17(16)23-3)19(21)27-12-18-15(8-10-26-18)20(22)24-4/h5-6,8,10-11,13H,7,9,12H2,1-4H3. The lowest BCUT2D eigenvalue weighted by Crippen LogP contribution is -2.09. The second kappa shape index (κ2) is 9.66. The zero-order valence-electron chi connectivity index (χ0n) is 15.9. The number of carbonyl (C=O) groups excluding carboxylic acids is 2.